The summed E-state index contributed by atoms with van der Waals surface area (Å²) in [4.78, 5) is 13.4. The first-order valence-electron chi connectivity index (χ1n) is 5.75. The van der Waals surface area contributed by atoms with Crippen molar-refractivity contribution in [2.24, 2.45) is 5.73 Å². The number of amides is 2. The largest absolute Gasteiger partial charge is 0.496 e. The Morgan fingerprint density at radius 3 is 3.06 bits per heavy atom. The number of benzene rings is 1. The number of methoxy groups -OCH3 is 1. The van der Waals surface area contributed by atoms with E-state index in [0.717, 1.165) is 11.3 Å². The molecule has 5 nitrogen and oxygen atoms in total. The van der Waals surface area contributed by atoms with Crippen molar-refractivity contribution in [2.75, 3.05) is 26.7 Å². The molecule has 1 aromatic carbocycles. The van der Waals surface area contributed by atoms with Crippen molar-refractivity contribution in [3.8, 4) is 5.75 Å². The number of rotatable bonds is 4. The molecule has 0 aliphatic carbocycles. The van der Waals surface area contributed by atoms with Gasteiger partial charge < -0.3 is 20.7 Å². The van der Waals surface area contributed by atoms with Crippen LogP contribution in [0.15, 0.2) is 18.2 Å². The molecule has 0 radical (unpaired) electrons. The molecular formula is C12H16ClN3O2. The van der Waals surface area contributed by atoms with Gasteiger partial charge in [0.25, 0.3) is 0 Å². The van der Waals surface area contributed by atoms with Crippen molar-refractivity contribution in [1.29, 1.82) is 0 Å². The van der Waals surface area contributed by atoms with E-state index in [2.05, 4.69) is 5.32 Å². The highest BCUT2D eigenvalue weighted by Gasteiger charge is 2.33. The van der Waals surface area contributed by atoms with Gasteiger partial charge in [-0.3, -0.25) is 0 Å². The molecule has 3 N–H and O–H groups in total. The predicted octanol–water partition coefficient (Wildman–Crippen LogP) is 1.37. The normalized spacial score (nSPS) is 18.9. The molecule has 18 heavy (non-hydrogen) atoms. The molecule has 1 fully saturated rings. The van der Waals surface area contributed by atoms with Crippen LogP contribution in [0.2, 0.25) is 5.02 Å². The van der Waals surface area contributed by atoms with Crippen molar-refractivity contribution in [3.05, 3.63) is 28.8 Å². The first-order chi connectivity index (χ1) is 8.67. The monoisotopic (exact) mass is 269 g/mol. The van der Waals surface area contributed by atoms with E-state index in [0.29, 0.717) is 24.7 Å². The van der Waals surface area contributed by atoms with Crippen LogP contribution in [0.25, 0.3) is 0 Å². The second kappa shape index (κ2) is 5.46. The van der Waals surface area contributed by atoms with E-state index in [9.17, 15) is 4.79 Å². The highest BCUT2D eigenvalue weighted by Crippen LogP contribution is 2.33. The van der Waals surface area contributed by atoms with Gasteiger partial charge in [-0.1, -0.05) is 11.6 Å². The van der Waals surface area contributed by atoms with E-state index in [1.807, 2.05) is 6.07 Å². The lowest BCUT2D eigenvalue weighted by Crippen LogP contribution is -2.34. The summed E-state index contributed by atoms with van der Waals surface area (Å²) in [7, 11) is 1.60. The summed E-state index contributed by atoms with van der Waals surface area (Å²) in [6.07, 6.45) is 0. The number of hydrogen-bond acceptors (Lipinski definition) is 3. The molecule has 1 heterocycles. The Bertz CT molecular complexity index is 453. The molecule has 0 spiro atoms. The average Bonchev–Trinajstić information content (AvgIpc) is 2.72. The minimum atomic E-state index is -0.104. The van der Waals surface area contributed by atoms with Gasteiger partial charge in [-0.2, -0.15) is 0 Å². The molecule has 2 amide bonds. The van der Waals surface area contributed by atoms with Gasteiger partial charge in [0.15, 0.2) is 0 Å². The van der Waals surface area contributed by atoms with Gasteiger partial charge in [0.1, 0.15) is 5.75 Å². The second-order valence-electron chi connectivity index (χ2n) is 4.07. The third-order valence-corrected chi connectivity index (χ3v) is 3.24. The lowest BCUT2D eigenvalue weighted by molar-refractivity contribution is 0.205. The van der Waals surface area contributed by atoms with E-state index in [1.54, 1.807) is 24.1 Å². The molecule has 0 saturated carbocycles. The molecule has 6 heteroatoms. The fraction of sp³-hybridized carbons (Fsp3) is 0.417. The van der Waals surface area contributed by atoms with Crippen LogP contribution in [-0.2, 0) is 0 Å². The van der Waals surface area contributed by atoms with Crippen LogP contribution in [0.3, 0.4) is 0 Å². The Balaban J connectivity index is 2.35. The zero-order chi connectivity index (χ0) is 13.1. The van der Waals surface area contributed by atoms with E-state index in [1.165, 1.54) is 0 Å². The van der Waals surface area contributed by atoms with Crippen LogP contribution in [0.5, 0.6) is 5.75 Å². The molecule has 0 bridgehead atoms. The first-order valence-corrected chi connectivity index (χ1v) is 6.13. The number of nitrogens with two attached hydrogens (primary N) is 1. The summed E-state index contributed by atoms with van der Waals surface area (Å²) in [6.45, 7) is 1.47. The maximum atomic E-state index is 11.7. The highest BCUT2D eigenvalue weighted by atomic mass is 35.5. The van der Waals surface area contributed by atoms with Gasteiger partial charge >= 0.3 is 6.03 Å². The van der Waals surface area contributed by atoms with E-state index in [-0.39, 0.29) is 12.1 Å². The van der Waals surface area contributed by atoms with E-state index >= 15 is 0 Å². The van der Waals surface area contributed by atoms with Crippen molar-refractivity contribution < 1.29 is 9.53 Å². The van der Waals surface area contributed by atoms with Crippen LogP contribution < -0.4 is 15.8 Å². The summed E-state index contributed by atoms with van der Waals surface area (Å²) >= 11 is 6.01. The zero-order valence-corrected chi connectivity index (χ0v) is 10.9. The van der Waals surface area contributed by atoms with Crippen LogP contribution >= 0.6 is 11.6 Å². The Hall–Kier alpha value is -1.46. The molecule has 1 unspecified atom stereocenters. The number of nitrogens with zero attached hydrogens (tertiary/aromatic N) is 1. The molecule has 2 rings (SSSR count). The SMILES string of the molecule is COc1ccc(Cl)cc1C1CNC(=O)N1CCN. The minimum absolute atomic E-state index is 0.0882. The smallest absolute Gasteiger partial charge is 0.318 e. The standard InChI is InChI=1S/C12H16ClN3O2/c1-18-11-3-2-8(13)6-9(11)10-7-15-12(17)16(10)5-4-14/h2-3,6,10H,4-5,7,14H2,1H3,(H,15,17). The zero-order valence-electron chi connectivity index (χ0n) is 10.1. The Labute approximate surface area is 111 Å². The summed E-state index contributed by atoms with van der Waals surface area (Å²) in [5, 5.41) is 3.43. The summed E-state index contributed by atoms with van der Waals surface area (Å²) in [6, 6.07) is 5.21. The number of carbonyl (C=O) groups is 1. The quantitative estimate of drug-likeness (QED) is 0.868. The Kier molecular flexibility index (Phi) is 3.93. The predicted molar refractivity (Wildman–Crippen MR) is 69.9 cm³/mol. The molecule has 1 aliphatic heterocycles. The molecule has 1 atom stereocenters. The highest BCUT2D eigenvalue weighted by molar-refractivity contribution is 6.30. The topological polar surface area (TPSA) is 67.6 Å². The van der Waals surface area contributed by atoms with Crippen LogP contribution in [0, 0.1) is 0 Å². The third-order valence-electron chi connectivity index (χ3n) is 3.00. The van der Waals surface area contributed by atoms with Crippen LogP contribution in [-0.4, -0.2) is 37.7 Å². The fourth-order valence-electron chi connectivity index (χ4n) is 2.18. The molecule has 1 saturated heterocycles. The number of nitrogens with one attached hydrogen (secondary N) is 1. The lowest BCUT2D eigenvalue weighted by atomic mass is 10.1. The van der Waals surface area contributed by atoms with Crippen molar-refractivity contribution in [3.63, 3.8) is 0 Å². The minimum Gasteiger partial charge on any atom is -0.496 e. The number of ether oxygens (including phenoxy) is 1. The number of halogens is 1. The van der Waals surface area contributed by atoms with Crippen molar-refractivity contribution in [2.45, 2.75) is 6.04 Å². The number of carbonyl (C=O) groups excluding carboxylic acids is 1. The van der Waals surface area contributed by atoms with Gasteiger partial charge in [-0.25, -0.2) is 4.79 Å². The van der Waals surface area contributed by atoms with Crippen molar-refractivity contribution in [1.82, 2.24) is 10.2 Å². The van der Waals surface area contributed by atoms with E-state index < -0.39 is 0 Å². The second-order valence-corrected chi connectivity index (χ2v) is 4.51. The number of hydrogen-bond donors (Lipinski definition) is 2. The molecule has 1 aliphatic rings. The maximum absolute atomic E-state index is 11.7. The molecule has 1 aromatic rings. The van der Waals surface area contributed by atoms with E-state index in [4.69, 9.17) is 22.1 Å². The van der Waals surface area contributed by atoms with Gasteiger partial charge in [0.2, 0.25) is 0 Å². The van der Waals surface area contributed by atoms with Crippen LogP contribution in [0.4, 0.5) is 4.79 Å². The third kappa shape index (κ3) is 2.37. The lowest BCUT2D eigenvalue weighted by Gasteiger charge is -2.24. The maximum Gasteiger partial charge on any atom is 0.318 e. The summed E-state index contributed by atoms with van der Waals surface area (Å²) in [5.41, 5.74) is 6.43. The van der Waals surface area contributed by atoms with Gasteiger partial charge in [0.05, 0.1) is 13.2 Å². The summed E-state index contributed by atoms with van der Waals surface area (Å²) < 4.78 is 5.32. The molecule has 0 aromatic heterocycles. The Morgan fingerprint density at radius 2 is 2.39 bits per heavy atom. The molecular weight excluding hydrogens is 254 g/mol. The van der Waals surface area contributed by atoms with Gasteiger partial charge in [-0.05, 0) is 18.2 Å². The average molecular weight is 270 g/mol. The molecule has 98 valence electrons. The Morgan fingerprint density at radius 1 is 1.61 bits per heavy atom. The van der Waals surface area contributed by atoms with Gasteiger partial charge in [0, 0.05) is 30.2 Å². The van der Waals surface area contributed by atoms with Crippen LogP contribution in [0.1, 0.15) is 11.6 Å². The fourth-order valence-corrected chi connectivity index (χ4v) is 2.36. The van der Waals surface area contributed by atoms with Crippen molar-refractivity contribution >= 4 is 17.6 Å². The number of urea groups is 1. The van der Waals surface area contributed by atoms with Gasteiger partial charge in [-0.15, -0.1) is 0 Å². The first kappa shape index (κ1) is 13.0. The summed E-state index contributed by atoms with van der Waals surface area (Å²) in [5.74, 6) is 0.725.